The summed E-state index contributed by atoms with van der Waals surface area (Å²) in [5, 5.41) is 5.19. The minimum absolute atomic E-state index is 0.305. The number of aromatic nitrogens is 3. The highest BCUT2D eigenvalue weighted by Crippen LogP contribution is 2.30. The molecule has 0 saturated heterocycles. The van der Waals surface area contributed by atoms with Gasteiger partial charge in [0.25, 0.3) is 5.56 Å². The number of aliphatic imine (C=N–C) groups is 1. The Morgan fingerprint density at radius 2 is 1.97 bits per heavy atom. The number of nitrogen functional groups attached to an aromatic ring is 1. The Kier molecular flexibility index (Phi) is 5.56. The molecular formula is C25H22ClN5O2. The predicted octanol–water partition coefficient (Wildman–Crippen LogP) is 4.52. The first-order chi connectivity index (χ1) is 16.0. The van der Waals surface area contributed by atoms with E-state index in [0.29, 0.717) is 62.5 Å². The van der Waals surface area contributed by atoms with Crippen molar-refractivity contribution in [2.75, 3.05) is 19.4 Å². The van der Waals surface area contributed by atoms with Gasteiger partial charge in [0.15, 0.2) is 0 Å². The van der Waals surface area contributed by atoms with Crippen LogP contribution in [-0.2, 0) is 0 Å². The molecule has 0 unspecified atom stereocenters. The van der Waals surface area contributed by atoms with E-state index in [0.717, 1.165) is 0 Å². The summed E-state index contributed by atoms with van der Waals surface area (Å²) in [6.45, 7) is 0.631. The predicted molar refractivity (Wildman–Crippen MR) is 132 cm³/mol. The van der Waals surface area contributed by atoms with Crippen LogP contribution in [0.1, 0.15) is 18.4 Å². The molecule has 0 aliphatic heterocycles. The van der Waals surface area contributed by atoms with E-state index in [1.165, 1.54) is 17.5 Å². The van der Waals surface area contributed by atoms with Crippen LogP contribution in [0, 0.1) is 5.92 Å². The molecule has 7 nitrogen and oxygen atoms in total. The van der Waals surface area contributed by atoms with Crippen LogP contribution in [0.4, 0.5) is 5.69 Å². The minimum atomic E-state index is -0.305. The highest BCUT2D eigenvalue weighted by Gasteiger charge is 2.23. The highest BCUT2D eigenvalue weighted by atomic mass is 35.5. The van der Waals surface area contributed by atoms with E-state index in [-0.39, 0.29) is 5.56 Å². The number of fused-ring (bicyclic) bond motifs is 1. The van der Waals surface area contributed by atoms with Crippen LogP contribution in [0.25, 0.3) is 27.8 Å². The topological polar surface area (TPSA) is 95.4 Å². The summed E-state index contributed by atoms with van der Waals surface area (Å²) in [4.78, 5) is 22.4. The minimum Gasteiger partial charge on any atom is -0.477 e. The fourth-order valence-corrected chi connectivity index (χ4v) is 3.75. The van der Waals surface area contributed by atoms with Crippen LogP contribution < -0.4 is 16.0 Å². The first-order valence-corrected chi connectivity index (χ1v) is 11.1. The third kappa shape index (κ3) is 4.32. The molecule has 5 rings (SSSR count). The smallest absolute Gasteiger partial charge is 0.281 e. The maximum Gasteiger partial charge on any atom is 0.281 e. The van der Waals surface area contributed by atoms with Gasteiger partial charge in [-0.05, 0) is 60.7 Å². The Bertz CT molecular complexity index is 1430. The third-order valence-electron chi connectivity index (χ3n) is 5.58. The van der Waals surface area contributed by atoms with Crippen molar-refractivity contribution in [2.45, 2.75) is 12.8 Å². The molecule has 4 aromatic rings. The van der Waals surface area contributed by atoms with E-state index in [9.17, 15) is 4.79 Å². The lowest BCUT2D eigenvalue weighted by Crippen LogP contribution is -2.24. The Labute approximate surface area is 195 Å². The number of hydrogen-bond donors (Lipinski definition) is 1. The number of benzene rings is 2. The van der Waals surface area contributed by atoms with E-state index in [4.69, 9.17) is 22.1 Å². The maximum atomic E-state index is 13.7. The van der Waals surface area contributed by atoms with Crippen molar-refractivity contribution in [3.63, 3.8) is 0 Å². The molecule has 0 amide bonds. The average Bonchev–Trinajstić information content (AvgIpc) is 3.64. The zero-order valence-corrected chi connectivity index (χ0v) is 18.8. The van der Waals surface area contributed by atoms with Crippen LogP contribution in [-0.4, -0.2) is 34.6 Å². The quantitative estimate of drug-likeness (QED) is 0.338. The zero-order chi connectivity index (χ0) is 22.9. The molecule has 1 aliphatic rings. The van der Waals surface area contributed by atoms with Crippen molar-refractivity contribution in [1.82, 2.24) is 14.8 Å². The van der Waals surface area contributed by atoms with Gasteiger partial charge < -0.3 is 10.5 Å². The van der Waals surface area contributed by atoms with Gasteiger partial charge in [-0.3, -0.25) is 9.79 Å². The van der Waals surface area contributed by atoms with Crippen LogP contribution in [0.2, 0.25) is 5.02 Å². The number of pyridine rings is 1. The van der Waals surface area contributed by atoms with Crippen LogP contribution >= 0.6 is 11.6 Å². The Morgan fingerprint density at radius 1 is 1.18 bits per heavy atom. The number of anilines is 1. The first-order valence-electron chi connectivity index (χ1n) is 10.7. The molecule has 1 saturated carbocycles. The van der Waals surface area contributed by atoms with E-state index < -0.39 is 0 Å². The average molecular weight is 460 g/mol. The Balaban J connectivity index is 1.72. The van der Waals surface area contributed by atoms with E-state index in [1.807, 2.05) is 6.07 Å². The lowest BCUT2D eigenvalue weighted by molar-refractivity contribution is 0.289. The summed E-state index contributed by atoms with van der Waals surface area (Å²) in [7, 11) is 1.67. The fourth-order valence-electron chi connectivity index (χ4n) is 3.62. The molecule has 0 bridgehead atoms. The molecule has 1 fully saturated rings. The summed E-state index contributed by atoms with van der Waals surface area (Å²) in [5.41, 5.74) is 9.78. The van der Waals surface area contributed by atoms with E-state index >= 15 is 0 Å². The molecule has 166 valence electrons. The van der Waals surface area contributed by atoms with Crippen molar-refractivity contribution >= 4 is 34.5 Å². The second kappa shape index (κ2) is 8.67. The molecule has 2 aromatic heterocycles. The summed E-state index contributed by atoms with van der Waals surface area (Å²) in [6.07, 6.45) is 4.01. The highest BCUT2D eigenvalue weighted by molar-refractivity contribution is 6.30. The van der Waals surface area contributed by atoms with Gasteiger partial charge >= 0.3 is 0 Å². The molecule has 2 aromatic carbocycles. The molecule has 2 heterocycles. The molecular weight excluding hydrogens is 438 g/mol. The molecule has 8 heteroatoms. The van der Waals surface area contributed by atoms with Gasteiger partial charge in [0.1, 0.15) is 11.0 Å². The Hall–Kier alpha value is -3.71. The van der Waals surface area contributed by atoms with Crippen LogP contribution in [0.5, 0.6) is 5.88 Å². The molecule has 0 spiro atoms. The number of nitrogens with zero attached hydrogens (tertiary/aromatic N) is 4. The van der Waals surface area contributed by atoms with Crippen molar-refractivity contribution in [3.05, 3.63) is 75.5 Å². The summed E-state index contributed by atoms with van der Waals surface area (Å²) >= 11 is 6.09. The fraction of sp³-hybridized carbons (Fsp3) is 0.200. The van der Waals surface area contributed by atoms with E-state index in [2.05, 4.69) is 15.1 Å². The lowest BCUT2D eigenvalue weighted by atomic mass is 10.1. The lowest BCUT2D eigenvalue weighted by Gasteiger charge is -2.13. The van der Waals surface area contributed by atoms with Gasteiger partial charge in [-0.15, -0.1) is 0 Å². The second-order valence-electron chi connectivity index (χ2n) is 8.07. The van der Waals surface area contributed by atoms with E-state index in [1.54, 1.807) is 61.8 Å². The van der Waals surface area contributed by atoms with Crippen LogP contribution in [0.3, 0.4) is 0 Å². The van der Waals surface area contributed by atoms with Crippen molar-refractivity contribution in [3.8, 4) is 22.7 Å². The van der Waals surface area contributed by atoms with Gasteiger partial charge in [0, 0.05) is 35.6 Å². The molecule has 0 radical (unpaired) electrons. The molecule has 0 atom stereocenters. The number of halogens is 1. The summed E-state index contributed by atoms with van der Waals surface area (Å²) in [6, 6.07) is 16.0. The standard InChI is InChI=1S/C25H22ClN5O2/c1-28-13-17-12-19(8-9-20(17)27)31-25(32)23(16-4-6-18(26)7-5-16)24-21(30-31)10-11-22(29-24)33-14-15-2-3-15/h4-13,15H,2-3,14,27H2,1H3. The largest absolute Gasteiger partial charge is 0.477 e. The Morgan fingerprint density at radius 3 is 2.70 bits per heavy atom. The number of rotatable bonds is 6. The monoisotopic (exact) mass is 459 g/mol. The molecule has 2 N–H and O–H groups in total. The second-order valence-corrected chi connectivity index (χ2v) is 8.51. The summed E-state index contributed by atoms with van der Waals surface area (Å²) in [5.74, 6) is 1.08. The number of nitrogens with two attached hydrogens (primary N) is 1. The first kappa shape index (κ1) is 21.2. The molecule has 33 heavy (non-hydrogen) atoms. The molecule has 1 aliphatic carbocycles. The van der Waals surface area contributed by atoms with Crippen molar-refractivity contribution in [2.24, 2.45) is 10.9 Å². The van der Waals surface area contributed by atoms with Crippen LogP contribution in [0.15, 0.2) is 64.4 Å². The number of ether oxygens (including phenoxy) is 1. The van der Waals surface area contributed by atoms with Gasteiger partial charge in [0.05, 0.1) is 17.9 Å². The SMILES string of the molecule is CN=Cc1cc(-n2nc3ccc(OCC4CC4)nc3c(-c3ccc(Cl)cc3)c2=O)ccc1N. The third-order valence-corrected chi connectivity index (χ3v) is 5.83. The van der Waals surface area contributed by atoms with Gasteiger partial charge in [0.2, 0.25) is 5.88 Å². The number of hydrogen-bond acceptors (Lipinski definition) is 6. The van der Waals surface area contributed by atoms with Gasteiger partial charge in [-0.25, -0.2) is 4.98 Å². The normalized spacial score (nSPS) is 13.6. The van der Waals surface area contributed by atoms with Crippen molar-refractivity contribution < 1.29 is 4.74 Å². The van der Waals surface area contributed by atoms with Gasteiger partial charge in [-0.2, -0.15) is 9.78 Å². The maximum absolute atomic E-state index is 13.7. The van der Waals surface area contributed by atoms with Gasteiger partial charge in [-0.1, -0.05) is 23.7 Å². The zero-order valence-electron chi connectivity index (χ0n) is 18.0. The van der Waals surface area contributed by atoms with Crippen molar-refractivity contribution in [1.29, 1.82) is 0 Å². The summed E-state index contributed by atoms with van der Waals surface area (Å²) < 4.78 is 7.23.